The molecule has 1 saturated carbocycles. The van der Waals surface area contributed by atoms with Gasteiger partial charge in [0.05, 0.1) is 0 Å². The van der Waals surface area contributed by atoms with Gasteiger partial charge in [0.1, 0.15) is 4.93 Å². The molecule has 0 atom stereocenters. The van der Waals surface area contributed by atoms with E-state index in [2.05, 4.69) is 12.6 Å². The van der Waals surface area contributed by atoms with Gasteiger partial charge in [-0.2, -0.15) is 0 Å². The average Bonchev–Trinajstić information content (AvgIpc) is 1.92. The summed E-state index contributed by atoms with van der Waals surface area (Å²) in [5.74, 6) is 0. The van der Waals surface area contributed by atoms with Crippen LogP contribution in [0.25, 0.3) is 0 Å². The predicted octanol–water partition coefficient (Wildman–Crippen LogP) is 2.60. The van der Waals surface area contributed by atoms with Crippen LogP contribution in [-0.2, 0) is 0 Å². The van der Waals surface area contributed by atoms with Crippen LogP contribution in [0.2, 0.25) is 0 Å². The lowest BCUT2D eigenvalue weighted by molar-refractivity contribution is 0.0969. The summed E-state index contributed by atoms with van der Waals surface area (Å²) in [6.45, 7) is 4.00. The fourth-order valence-electron chi connectivity index (χ4n) is 1.12. The summed E-state index contributed by atoms with van der Waals surface area (Å²) >= 11 is 4.07. The van der Waals surface area contributed by atoms with E-state index in [-0.39, 0.29) is 0 Å². The molecule has 0 aromatic heterocycles. The molecule has 1 N–H and O–H groups in total. The van der Waals surface area contributed by atoms with Gasteiger partial charge in [-0.1, -0.05) is 20.3 Å². The van der Waals surface area contributed by atoms with Crippen molar-refractivity contribution in [3.05, 3.63) is 0 Å². The maximum absolute atomic E-state index is 9.24. The molecule has 0 spiro atoms. The van der Waals surface area contributed by atoms with Crippen molar-refractivity contribution in [2.75, 3.05) is 0 Å². The van der Waals surface area contributed by atoms with Gasteiger partial charge >= 0.3 is 0 Å². The van der Waals surface area contributed by atoms with Crippen LogP contribution < -0.4 is 0 Å². The third-order valence-electron chi connectivity index (χ3n) is 1.65. The Morgan fingerprint density at radius 1 is 1.10 bits per heavy atom. The summed E-state index contributed by atoms with van der Waals surface area (Å²) in [6.07, 6.45) is 5.29. The summed E-state index contributed by atoms with van der Waals surface area (Å²) in [6, 6.07) is 0. The van der Waals surface area contributed by atoms with E-state index in [0.29, 0.717) is 0 Å². The minimum Gasteiger partial charge on any atom is -0.380 e. The molecule has 10 heavy (non-hydrogen) atoms. The van der Waals surface area contributed by atoms with Gasteiger partial charge in [0, 0.05) is 0 Å². The minimum absolute atomic E-state index is 0.627. The Bertz CT molecular complexity index is 73.3. The molecule has 62 valence electrons. The molecule has 0 radical (unpaired) electrons. The molecular weight excluding hydrogens is 144 g/mol. The summed E-state index contributed by atoms with van der Waals surface area (Å²) in [5, 5.41) is 9.24. The van der Waals surface area contributed by atoms with Gasteiger partial charge in [-0.3, -0.25) is 0 Å². The van der Waals surface area contributed by atoms with Crippen molar-refractivity contribution < 1.29 is 5.11 Å². The molecule has 0 unspecified atom stereocenters. The van der Waals surface area contributed by atoms with Crippen LogP contribution in [0.1, 0.15) is 46.0 Å². The molecule has 0 aromatic carbocycles. The van der Waals surface area contributed by atoms with E-state index in [9.17, 15) is 5.11 Å². The largest absolute Gasteiger partial charge is 0.380 e. The highest BCUT2D eigenvalue weighted by Crippen LogP contribution is 2.30. The van der Waals surface area contributed by atoms with Gasteiger partial charge in [0.25, 0.3) is 0 Å². The van der Waals surface area contributed by atoms with E-state index in [0.717, 1.165) is 25.7 Å². The van der Waals surface area contributed by atoms with Gasteiger partial charge in [0.15, 0.2) is 0 Å². The summed E-state index contributed by atoms with van der Waals surface area (Å²) < 4.78 is 0. The molecular formula is C8H18OS. The first-order valence-electron chi connectivity index (χ1n) is 4.15. The average molecular weight is 162 g/mol. The predicted molar refractivity (Wildman–Crippen MR) is 48.4 cm³/mol. The van der Waals surface area contributed by atoms with Crippen molar-refractivity contribution in [2.24, 2.45) is 0 Å². The zero-order valence-electron chi connectivity index (χ0n) is 6.93. The first-order chi connectivity index (χ1) is 4.71. The number of aliphatic hydroxyl groups is 1. The van der Waals surface area contributed by atoms with Gasteiger partial charge < -0.3 is 5.11 Å². The summed E-state index contributed by atoms with van der Waals surface area (Å²) in [5.41, 5.74) is 0. The Hall–Kier alpha value is 0.310. The molecule has 2 heteroatoms. The van der Waals surface area contributed by atoms with Gasteiger partial charge in [-0.25, -0.2) is 0 Å². The normalized spacial score (nSPS) is 22.8. The molecule has 0 bridgehead atoms. The van der Waals surface area contributed by atoms with E-state index in [1.807, 2.05) is 13.8 Å². The van der Waals surface area contributed by atoms with Crippen molar-refractivity contribution in [2.45, 2.75) is 50.9 Å². The second-order valence-corrected chi connectivity index (χ2v) is 3.38. The Labute approximate surface area is 69.2 Å². The first-order valence-corrected chi connectivity index (χ1v) is 4.60. The van der Waals surface area contributed by atoms with Gasteiger partial charge in [0.2, 0.25) is 0 Å². The summed E-state index contributed by atoms with van der Waals surface area (Å²) in [4.78, 5) is -0.627. The highest BCUT2D eigenvalue weighted by molar-refractivity contribution is 7.81. The van der Waals surface area contributed by atoms with Gasteiger partial charge in [-0.15, -0.1) is 12.6 Å². The zero-order chi connectivity index (χ0) is 8.04. The Morgan fingerprint density at radius 2 is 1.50 bits per heavy atom. The Balaban J connectivity index is 0.000000371. The highest BCUT2D eigenvalue weighted by Gasteiger charge is 2.23. The first kappa shape index (κ1) is 10.3. The van der Waals surface area contributed by atoms with E-state index in [1.54, 1.807) is 0 Å². The minimum atomic E-state index is -0.627. The summed E-state index contributed by atoms with van der Waals surface area (Å²) in [7, 11) is 0. The second-order valence-electron chi connectivity index (χ2n) is 2.54. The number of hydrogen-bond donors (Lipinski definition) is 2. The molecule has 0 aliphatic heterocycles. The fraction of sp³-hybridized carbons (Fsp3) is 1.00. The monoisotopic (exact) mass is 162 g/mol. The smallest absolute Gasteiger partial charge is 0.107 e. The molecule has 1 nitrogen and oxygen atoms in total. The van der Waals surface area contributed by atoms with Crippen LogP contribution >= 0.6 is 12.6 Å². The second kappa shape index (κ2) is 5.03. The molecule has 0 aromatic rings. The van der Waals surface area contributed by atoms with Crippen LogP contribution in [-0.4, -0.2) is 10.0 Å². The molecule has 0 amide bonds. The lowest BCUT2D eigenvalue weighted by atomic mass is 9.97. The van der Waals surface area contributed by atoms with Crippen LogP contribution in [0.3, 0.4) is 0 Å². The standard InChI is InChI=1S/C6H12OS.C2H6/c7-6(8)4-2-1-3-5-6;1-2/h7-8H,1-5H2;1-2H3. The molecule has 1 aliphatic carbocycles. The Morgan fingerprint density at radius 3 is 1.70 bits per heavy atom. The molecule has 0 saturated heterocycles. The maximum Gasteiger partial charge on any atom is 0.107 e. The lowest BCUT2D eigenvalue weighted by Gasteiger charge is -2.26. The highest BCUT2D eigenvalue weighted by atomic mass is 32.1. The fourth-order valence-corrected chi connectivity index (χ4v) is 1.43. The zero-order valence-corrected chi connectivity index (χ0v) is 7.82. The quantitative estimate of drug-likeness (QED) is 0.414. The molecule has 1 aliphatic rings. The maximum atomic E-state index is 9.24. The van der Waals surface area contributed by atoms with Crippen molar-refractivity contribution in [1.82, 2.24) is 0 Å². The molecule has 1 rings (SSSR count). The molecule has 0 heterocycles. The topological polar surface area (TPSA) is 20.2 Å². The number of thiol groups is 1. The van der Waals surface area contributed by atoms with Crippen LogP contribution in [0.4, 0.5) is 0 Å². The Kier molecular flexibility index (Phi) is 5.18. The van der Waals surface area contributed by atoms with E-state index in [4.69, 9.17) is 0 Å². The van der Waals surface area contributed by atoms with Crippen molar-refractivity contribution in [3.8, 4) is 0 Å². The van der Waals surface area contributed by atoms with Crippen molar-refractivity contribution in [1.29, 1.82) is 0 Å². The van der Waals surface area contributed by atoms with E-state index >= 15 is 0 Å². The van der Waals surface area contributed by atoms with Crippen LogP contribution in [0.15, 0.2) is 0 Å². The third-order valence-corrected chi connectivity index (χ3v) is 2.10. The van der Waals surface area contributed by atoms with E-state index < -0.39 is 4.93 Å². The van der Waals surface area contributed by atoms with Crippen molar-refractivity contribution in [3.63, 3.8) is 0 Å². The van der Waals surface area contributed by atoms with Crippen LogP contribution in [0.5, 0.6) is 0 Å². The SMILES string of the molecule is CC.OC1(S)CCCCC1. The molecule has 1 fully saturated rings. The number of rotatable bonds is 0. The number of hydrogen-bond acceptors (Lipinski definition) is 2. The van der Waals surface area contributed by atoms with Crippen molar-refractivity contribution >= 4 is 12.6 Å². The third kappa shape index (κ3) is 4.18. The van der Waals surface area contributed by atoms with Gasteiger partial charge in [-0.05, 0) is 25.7 Å². The van der Waals surface area contributed by atoms with Crippen LogP contribution in [0, 0.1) is 0 Å². The lowest BCUT2D eigenvalue weighted by Crippen LogP contribution is -2.23. The van der Waals surface area contributed by atoms with E-state index in [1.165, 1.54) is 6.42 Å².